The maximum atomic E-state index is 5.61. The Morgan fingerprint density at radius 2 is 2.33 bits per heavy atom. The van der Waals surface area contributed by atoms with Crippen LogP contribution in [0, 0.1) is 0 Å². The number of hydrogen-bond donors (Lipinski definition) is 2. The third kappa shape index (κ3) is 1.78. The lowest BCUT2D eigenvalue weighted by Gasteiger charge is -2.16. The van der Waals surface area contributed by atoms with Crippen LogP contribution in [0.4, 0.5) is 11.9 Å². The summed E-state index contributed by atoms with van der Waals surface area (Å²) >= 11 is 0. The van der Waals surface area contributed by atoms with E-state index in [4.69, 9.17) is 5.73 Å². The number of nitrogens with zero attached hydrogens (tertiary/aromatic N) is 4. The molecule has 0 atom stereocenters. The van der Waals surface area contributed by atoms with E-state index >= 15 is 0 Å². The Morgan fingerprint density at radius 3 is 2.87 bits per heavy atom. The minimum atomic E-state index is 0.420. The summed E-state index contributed by atoms with van der Waals surface area (Å²) in [6.07, 6.45) is 1.90. The van der Waals surface area contributed by atoms with Gasteiger partial charge in [0.05, 0.1) is 6.54 Å². The Bertz CT molecular complexity index is 429. The Balaban J connectivity index is 2.14. The van der Waals surface area contributed by atoms with Crippen molar-refractivity contribution in [3.8, 4) is 0 Å². The average molecular weight is 206 g/mol. The van der Waals surface area contributed by atoms with Crippen LogP contribution in [0.25, 0.3) is 0 Å². The Labute approximate surface area is 87.7 Å². The molecule has 2 aromatic rings. The molecular weight excluding hydrogens is 192 g/mol. The summed E-state index contributed by atoms with van der Waals surface area (Å²) in [5.74, 6) is 1.17. The molecule has 0 fully saturated rings. The average Bonchev–Trinajstić information content (AvgIpc) is 2.79. The minimum Gasteiger partial charge on any atom is -0.368 e. The molecule has 0 radical (unpaired) electrons. The van der Waals surface area contributed by atoms with Crippen LogP contribution < -0.4 is 10.6 Å². The molecule has 2 rings (SSSR count). The monoisotopic (exact) mass is 206 g/mol. The number of nitrogens with one attached hydrogen (secondary N) is 1. The first-order valence-corrected chi connectivity index (χ1v) is 4.66. The van der Waals surface area contributed by atoms with Crippen LogP contribution in [-0.2, 0) is 13.6 Å². The number of aromatic nitrogens is 4. The molecular formula is C9H14N6. The first kappa shape index (κ1) is 9.57. The molecule has 0 aliphatic carbocycles. The largest absolute Gasteiger partial charge is 0.368 e. The van der Waals surface area contributed by atoms with Gasteiger partial charge in [-0.3, -0.25) is 4.57 Å². The van der Waals surface area contributed by atoms with Crippen LogP contribution in [0.5, 0.6) is 0 Å². The smallest absolute Gasteiger partial charge is 0.228 e. The van der Waals surface area contributed by atoms with Crippen molar-refractivity contribution in [2.75, 3.05) is 17.7 Å². The highest BCUT2D eigenvalue weighted by atomic mass is 15.4. The van der Waals surface area contributed by atoms with Crippen molar-refractivity contribution < 1.29 is 0 Å². The highest BCUT2D eigenvalue weighted by Crippen LogP contribution is 2.12. The summed E-state index contributed by atoms with van der Waals surface area (Å²) in [7, 11) is 3.79. The Kier molecular flexibility index (Phi) is 2.32. The summed E-state index contributed by atoms with van der Waals surface area (Å²) in [6, 6.07) is 3.99. The fourth-order valence-electron chi connectivity index (χ4n) is 1.46. The van der Waals surface area contributed by atoms with E-state index in [1.807, 2.05) is 37.3 Å². The number of nitrogens with two attached hydrogens (primary N) is 1. The van der Waals surface area contributed by atoms with Gasteiger partial charge in [0.1, 0.15) is 0 Å². The van der Waals surface area contributed by atoms with Gasteiger partial charge < -0.3 is 15.6 Å². The van der Waals surface area contributed by atoms with Gasteiger partial charge in [0.25, 0.3) is 0 Å². The van der Waals surface area contributed by atoms with E-state index in [1.165, 1.54) is 0 Å². The van der Waals surface area contributed by atoms with Gasteiger partial charge in [-0.25, -0.2) is 0 Å². The van der Waals surface area contributed by atoms with E-state index in [0.717, 1.165) is 18.2 Å². The van der Waals surface area contributed by atoms with E-state index < -0.39 is 0 Å². The minimum absolute atomic E-state index is 0.420. The molecule has 3 N–H and O–H groups in total. The lowest BCUT2D eigenvalue weighted by Crippen LogP contribution is -2.20. The zero-order valence-corrected chi connectivity index (χ0v) is 8.81. The van der Waals surface area contributed by atoms with Gasteiger partial charge in [0, 0.05) is 26.0 Å². The van der Waals surface area contributed by atoms with Crippen molar-refractivity contribution in [3.63, 3.8) is 0 Å². The quantitative estimate of drug-likeness (QED) is 0.760. The first-order valence-electron chi connectivity index (χ1n) is 4.66. The molecule has 0 saturated heterocycles. The van der Waals surface area contributed by atoms with Crippen molar-refractivity contribution in [2.24, 2.45) is 7.05 Å². The second kappa shape index (κ2) is 3.64. The van der Waals surface area contributed by atoms with Crippen LogP contribution in [0.3, 0.4) is 0 Å². The van der Waals surface area contributed by atoms with Crippen molar-refractivity contribution in [1.82, 2.24) is 19.7 Å². The SMILES string of the molecule is CN(Cc1ccc[nH]1)c1nnc(N)n1C. The molecule has 0 aromatic carbocycles. The Hall–Kier alpha value is -1.98. The van der Waals surface area contributed by atoms with Gasteiger partial charge in [-0.05, 0) is 12.1 Å². The number of aromatic amines is 1. The maximum Gasteiger partial charge on any atom is 0.228 e. The highest BCUT2D eigenvalue weighted by molar-refractivity contribution is 5.36. The van der Waals surface area contributed by atoms with E-state index in [0.29, 0.717) is 5.95 Å². The first-order chi connectivity index (χ1) is 7.18. The lowest BCUT2D eigenvalue weighted by molar-refractivity contribution is 0.798. The second-order valence-electron chi connectivity index (χ2n) is 3.47. The van der Waals surface area contributed by atoms with E-state index in [-0.39, 0.29) is 0 Å². The summed E-state index contributed by atoms with van der Waals surface area (Å²) < 4.78 is 1.75. The van der Waals surface area contributed by atoms with Gasteiger partial charge in [-0.1, -0.05) is 0 Å². The van der Waals surface area contributed by atoms with Crippen LogP contribution in [0.15, 0.2) is 18.3 Å². The van der Waals surface area contributed by atoms with Gasteiger partial charge in [0.2, 0.25) is 11.9 Å². The fraction of sp³-hybridized carbons (Fsp3) is 0.333. The van der Waals surface area contributed by atoms with Crippen LogP contribution in [-0.4, -0.2) is 26.8 Å². The summed E-state index contributed by atoms with van der Waals surface area (Å²) in [6.45, 7) is 0.749. The standard InChI is InChI=1S/C9H14N6/c1-14(6-7-4-3-5-11-7)9-13-12-8(10)15(9)2/h3-5,11H,6H2,1-2H3,(H2,10,12). The Morgan fingerprint density at radius 1 is 1.53 bits per heavy atom. The zero-order valence-electron chi connectivity index (χ0n) is 8.81. The molecule has 0 saturated carbocycles. The van der Waals surface area contributed by atoms with E-state index in [1.54, 1.807) is 4.57 Å². The number of anilines is 2. The van der Waals surface area contributed by atoms with Crippen LogP contribution >= 0.6 is 0 Å². The van der Waals surface area contributed by atoms with Crippen LogP contribution in [0.2, 0.25) is 0 Å². The molecule has 0 amide bonds. The molecule has 0 unspecified atom stereocenters. The van der Waals surface area contributed by atoms with Crippen molar-refractivity contribution in [3.05, 3.63) is 24.0 Å². The van der Waals surface area contributed by atoms with Gasteiger partial charge >= 0.3 is 0 Å². The van der Waals surface area contributed by atoms with E-state index in [2.05, 4.69) is 15.2 Å². The van der Waals surface area contributed by atoms with Crippen molar-refractivity contribution >= 4 is 11.9 Å². The van der Waals surface area contributed by atoms with Gasteiger partial charge in [0.15, 0.2) is 0 Å². The molecule has 2 heterocycles. The molecule has 80 valence electrons. The van der Waals surface area contributed by atoms with Crippen molar-refractivity contribution in [1.29, 1.82) is 0 Å². The molecule has 15 heavy (non-hydrogen) atoms. The number of rotatable bonds is 3. The molecule has 2 aromatic heterocycles. The highest BCUT2D eigenvalue weighted by Gasteiger charge is 2.10. The van der Waals surface area contributed by atoms with Crippen molar-refractivity contribution in [2.45, 2.75) is 6.54 Å². The third-order valence-electron chi connectivity index (χ3n) is 2.30. The number of nitrogen functional groups attached to an aromatic ring is 1. The molecule has 0 spiro atoms. The fourth-order valence-corrected chi connectivity index (χ4v) is 1.46. The van der Waals surface area contributed by atoms with E-state index in [9.17, 15) is 0 Å². The maximum absolute atomic E-state index is 5.61. The molecule has 6 heteroatoms. The van der Waals surface area contributed by atoms with Crippen LogP contribution in [0.1, 0.15) is 5.69 Å². The third-order valence-corrected chi connectivity index (χ3v) is 2.30. The zero-order chi connectivity index (χ0) is 10.8. The lowest BCUT2D eigenvalue weighted by atomic mass is 10.4. The molecule has 6 nitrogen and oxygen atoms in total. The van der Waals surface area contributed by atoms with Gasteiger partial charge in [-0.15, -0.1) is 10.2 Å². The normalized spacial score (nSPS) is 10.5. The predicted octanol–water partition coefficient (Wildman–Crippen LogP) is 0.362. The topological polar surface area (TPSA) is 75.8 Å². The summed E-state index contributed by atoms with van der Waals surface area (Å²) in [4.78, 5) is 5.12. The number of hydrogen-bond acceptors (Lipinski definition) is 4. The summed E-state index contributed by atoms with van der Waals surface area (Å²) in [5.41, 5.74) is 6.73. The molecule has 0 bridgehead atoms. The number of H-pyrrole nitrogens is 1. The molecule has 0 aliphatic rings. The van der Waals surface area contributed by atoms with Gasteiger partial charge in [-0.2, -0.15) is 0 Å². The predicted molar refractivity (Wildman–Crippen MR) is 58.3 cm³/mol. The molecule has 0 aliphatic heterocycles. The second-order valence-corrected chi connectivity index (χ2v) is 3.47. The summed E-state index contributed by atoms with van der Waals surface area (Å²) in [5, 5.41) is 7.80.